The average Bonchev–Trinajstić information content (AvgIpc) is 2.43. The summed E-state index contributed by atoms with van der Waals surface area (Å²) in [6.45, 7) is 5.73. The molecule has 1 atom stereocenters. The second-order valence-electron chi connectivity index (χ2n) is 5.57. The van der Waals surface area contributed by atoms with Gasteiger partial charge in [-0.2, -0.15) is 0 Å². The van der Waals surface area contributed by atoms with E-state index in [4.69, 9.17) is 0 Å². The number of halogens is 3. The van der Waals surface area contributed by atoms with E-state index in [9.17, 15) is 8.78 Å². The maximum absolute atomic E-state index is 14.1. The number of hydrogen-bond acceptors (Lipinski definition) is 0. The van der Waals surface area contributed by atoms with Crippen LogP contribution in [0, 0.1) is 18.6 Å². The first-order valence-electron chi connectivity index (χ1n) is 6.49. The Morgan fingerprint density at radius 3 is 2.20 bits per heavy atom. The van der Waals surface area contributed by atoms with E-state index in [2.05, 4.69) is 15.9 Å². The predicted octanol–water partition coefficient (Wildman–Crippen LogP) is 5.69. The lowest BCUT2D eigenvalue weighted by atomic mass is 9.79. The van der Waals surface area contributed by atoms with Crippen molar-refractivity contribution in [2.24, 2.45) is 0 Å². The molecule has 0 aromatic heterocycles. The molecule has 3 heteroatoms. The third-order valence-corrected chi connectivity index (χ3v) is 5.34. The molecule has 0 saturated carbocycles. The van der Waals surface area contributed by atoms with Gasteiger partial charge in [-0.25, -0.2) is 8.78 Å². The second-order valence-corrected chi connectivity index (χ2v) is 6.49. The normalized spacial score (nSPS) is 13.3. The van der Waals surface area contributed by atoms with Crippen LogP contribution in [0.4, 0.5) is 8.78 Å². The second kappa shape index (κ2) is 5.65. The summed E-state index contributed by atoms with van der Waals surface area (Å²) < 4.78 is 27.4. The summed E-state index contributed by atoms with van der Waals surface area (Å²) in [4.78, 5) is -0.239. The Balaban J connectivity index is 2.45. The Kier molecular flexibility index (Phi) is 4.28. The maximum Gasteiger partial charge on any atom is 0.130 e. The Hall–Kier alpha value is -1.22. The van der Waals surface area contributed by atoms with Crippen LogP contribution in [-0.2, 0) is 5.41 Å². The molecule has 0 saturated heterocycles. The van der Waals surface area contributed by atoms with Crippen molar-refractivity contribution in [1.29, 1.82) is 0 Å². The molecule has 0 aliphatic rings. The summed E-state index contributed by atoms with van der Waals surface area (Å²) in [6.07, 6.45) is 0. The van der Waals surface area contributed by atoms with Gasteiger partial charge in [0.05, 0.1) is 4.83 Å². The smallest absolute Gasteiger partial charge is 0.130 e. The summed E-state index contributed by atoms with van der Waals surface area (Å²) >= 11 is 3.59. The van der Waals surface area contributed by atoms with E-state index in [1.54, 1.807) is 13.0 Å². The zero-order valence-electron chi connectivity index (χ0n) is 11.8. The van der Waals surface area contributed by atoms with E-state index >= 15 is 0 Å². The maximum atomic E-state index is 14.1. The molecule has 0 nitrogen and oxygen atoms in total. The number of alkyl halides is 1. The van der Waals surface area contributed by atoms with Crippen molar-refractivity contribution >= 4 is 15.9 Å². The van der Waals surface area contributed by atoms with Gasteiger partial charge in [-0.3, -0.25) is 0 Å². The lowest BCUT2D eigenvalue weighted by Crippen LogP contribution is -2.24. The van der Waals surface area contributed by atoms with Crippen LogP contribution in [0.1, 0.15) is 35.4 Å². The van der Waals surface area contributed by atoms with Gasteiger partial charge in [0.1, 0.15) is 11.6 Å². The first kappa shape index (κ1) is 15.2. The van der Waals surface area contributed by atoms with Gasteiger partial charge in [0.25, 0.3) is 0 Å². The molecule has 2 aromatic rings. The molecule has 0 spiro atoms. The number of aryl methyl sites for hydroxylation is 1. The minimum atomic E-state index is -0.515. The fraction of sp³-hybridized carbons (Fsp3) is 0.294. The van der Waals surface area contributed by atoms with Gasteiger partial charge in [0.2, 0.25) is 0 Å². The average molecular weight is 339 g/mol. The molecule has 2 rings (SSSR count). The van der Waals surface area contributed by atoms with Gasteiger partial charge in [-0.15, -0.1) is 0 Å². The highest BCUT2D eigenvalue weighted by atomic mass is 79.9. The first-order chi connectivity index (χ1) is 9.34. The van der Waals surface area contributed by atoms with Crippen molar-refractivity contribution in [1.82, 2.24) is 0 Å². The Bertz CT molecular complexity index is 606. The fourth-order valence-corrected chi connectivity index (χ4v) is 2.89. The van der Waals surface area contributed by atoms with Gasteiger partial charge in [0.15, 0.2) is 0 Å². The third kappa shape index (κ3) is 2.78. The standard InChI is InChI=1S/C17H17BrF2/c1-11-9-13(15(20)10-14(11)19)16(18)17(2,3)12-7-5-4-6-8-12/h4-10,16H,1-3H3. The first-order valence-corrected chi connectivity index (χ1v) is 7.40. The van der Waals surface area contributed by atoms with E-state index in [0.717, 1.165) is 11.6 Å². The van der Waals surface area contributed by atoms with Crippen LogP contribution in [-0.4, -0.2) is 0 Å². The van der Waals surface area contributed by atoms with E-state index in [1.807, 2.05) is 44.2 Å². The van der Waals surface area contributed by atoms with Crippen LogP contribution in [0.25, 0.3) is 0 Å². The Morgan fingerprint density at radius 2 is 1.60 bits per heavy atom. The van der Waals surface area contributed by atoms with Crippen LogP contribution >= 0.6 is 15.9 Å². The highest BCUT2D eigenvalue weighted by Gasteiger charge is 2.32. The van der Waals surface area contributed by atoms with Gasteiger partial charge in [0, 0.05) is 17.0 Å². The molecule has 0 fully saturated rings. The highest BCUT2D eigenvalue weighted by molar-refractivity contribution is 9.09. The van der Waals surface area contributed by atoms with Crippen LogP contribution in [0.3, 0.4) is 0 Å². The Labute approximate surface area is 127 Å². The highest BCUT2D eigenvalue weighted by Crippen LogP contribution is 2.44. The van der Waals surface area contributed by atoms with Crippen molar-refractivity contribution in [2.45, 2.75) is 31.0 Å². The molecule has 0 amide bonds. The predicted molar refractivity (Wildman–Crippen MR) is 82.2 cm³/mol. The molecular formula is C17H17BrF2. The molecule has 0 aliphatic carbocycles. The molecule has 0 N–H and O–H groups in total. The van der Waals surface area contributed by atoms with Crippen LogP contribution in [0.5, 0.6) is 0 Å². The van der Waals surface area contributed by atoms with Crippen molar-refractivity contribution in [2.75, 3.05) is 0 Å². The lowest BCUT2D eigenvalue weighted by molar-refractivity contribution is 0.491. The van der Waals surface area contributed by atoms with Crippen LogP contribution in [0.15, 0.2) is 42.5 Å². The molecule has 106 valence electrons. The summed E-state index contributed by atoms with van der Waals surface area (Å²) in [6, 6.07) is 12.4. The number of rotatable bonds is 3. The molecule has 0 bridgehead atoms. The van der Waals surface area contributed by atoms with Gasteiger partial charge < -0.3 is 0 Å². The minimum absolute atomic E-state index is 0.239. The zero-order valence-corrected chi connectivity index (χ0v) is 13.3. The summed E-state index contributed by atoms with van der Waals surface area (Å²) in [5, 5.41) is 0. The largest absolute Gasteiger partial charge is 0.207 e. The van der Waals surface area contributed by atoms with Crippen molar-refractivity contribution in [3.8, 4) is 0 Å². The van der Waals surface area contributed by atoms with Crippen molar-refractivity contribution in [3.63, 3.8) is 0 Å². The molecule has 0 radical (unpaired) electrons. The topological polar surface area (TPSA) is 0 Å². The summed E-state index contributed by atoms with van der Waals surface area (Å²) in [5.74, 6) is -1.03. The van der Waals surface area contributed by atoms with Crippen molar-refractivity contribution in [3.05, 3.63) is 70.8 Å². The van der Waals surface area contributed by atoms with Gasteiger partial charge >= 0.3 is 0 Å². The third-order valence-electron chi connectivity index (χ3n) is 3.70. The summed E-state index contributed by atoms with van der Waals surface area (Å²) in [5.41, 5.74) is 1.72. The molecule has 0 heterocycles. The number of hydrogen-bond donors (Lipinski definition) is 0. The van der Waals surface area contributed by atoms with E-state index in [0.29, 0.717) is 11.1 Å². The molecule has 2 aromatic carbocycles. The SMILES string of the molecule is Cc1cc(C(Br)C(C)(C)c2ccccc2)c(F)cc1F. The van der Waals surface area contributed by atoms with E-state index in [-0.39, 0.29) is 10.2 Å². The van der Waals surface area contributed by atoms with Crippen LogP contribution in [0.2, 0.25) is 0 Å². The minimum Gasteiger partial charge on any atom is -0.207 e. The monoisotopic (exact) mass is 338 g/mol. The molecule has 20 heavy (non-hydrogen) atoms. The lowest BCUT2D eigenvalue weighted by Gasteiger charge is -2.31. The quantitative estimate of drug-likeness (QED) is 0.631. The molecule has 0 aliphatic heterocycles. The number of benzene rings is 2. The van der Waals surface area contributed by atoms with Gasteiger partial charge in [-0.1, -0.05) is 60.1 Å². The molecule has 1 unspecified atom stereocenters. The Morgan fingerprint density at radius 1 is 1.00 bits per heavy atom. The zero-order chi connectivity index (χ0) is 14.9. The van der Waals surface area contributed by atoms with E-state index in [1.165, 1.54) is 0 Å². The van der Waals surface area contributed by atoms with Crippen molar-refractivity contribution < 1.29 is 8.78 Å². The molecular weight excluding hydrogens is 322 g/mol. The summed E-state index contributed by atoms with van der Waals surface area (Å²) in [7, 11) is 0. The fourth-order valence-electron chi connectivity index (χ4n) is 2.28. The van der Waals surface area contributed by atoms with Gasteiger partial charge in [-0.05, 0) is 24.1 Å². The van der Waals surface area contributed by atoms with E-state index < -0.39 is 11.6 Å². The van der Waals surface area contributed by atoms with Crippen LogP contribution < -0.4 is 0 Å².